The first-order valence-corrected chi connectivity index (χ1v) is 6.87. The van der Waals surface area contributed by atoms with Gasteiger partial charge in [0.1, 0.15) is 0 Å². The van der Waals surface area contributed by atoms with Crippen LogP contribution in [0.25, 0.3) is 0 Å². The highest BCUT2D eigenvalue weighted by Gasteiger charge is 2.41. The fourth-order valence-electron chi connectivity index (χ4n) is 2.50. The summed E-state index contributed by atoms with van der Waals surface area (Å²) in [6, 6.07) is 0.531. The van der Waals surface area contributed by atoms with Crippen LogP contribution in [0.5, 0.6) is 0 Å². The molecule has 1 N–H and O–H groups in total. The largest absolute Gasteiger partial charge is 0.333 e. The van der Waals surface area contributed by atoms with Crippen molar-refractivity contribution in [2.75, 3.05) is 0 Å². The van der Waals surface area contributed by atoms with Crippen LogP contribution in [-0.2, 0) is 13.1 Å². The molecule has 1 aromatic rings. The summed E-state index contributed by atoms with van der Waals surface area (Å²) in [5.74, 6) is 0. The van der Waals surface area contributed by atoms with Gasteiger partial charge in [0.25, 0.3) is 0 Å². The topological polar surface area (TPSA) is 29.9 Å². The van der Waals surface area contributed by atoms with Crippen LogP contribution < -0.4 is 5.32 Å². The molecule has 17 heavy (non-hydrogen) atoms. The molecular formula is C14H25N3. The maximum Gasteiger partial charge on any atom is 0.0948 e. The standard InChI is InChI=1S/C14H25N3/c1-4-5-14(6-7-14)10-17-11-15-8-13(17)9-16-12(2)3/h8,11-12,16H,4-7,9-10H2,1-3H3. The molecule has 0 radical (unpaired) electrons. The van der Waals surface area contributed by atoms with Crippen LogP contribution in [0.3, 0.4) is 0 Å². The minimum atomic E-state index is 0.531. The van der Waals surface area contributed by atoms with Crippen molar-refractivity contribution < 1.29 is 0 Å². The fourth-order valence-corrected chi connectivity index (χ4v) is 2.50. The molecule has 3 heteroatoms. The van der Waals surface area contributed by atoms with Gasteiger partial charge in [-0.25, -0.2) is 4.98 Å². The van der Waals surface area contributed by atoms with Gasteiger partial charge in [-0.1, -0.05) is 27.2 Å². The summed E-state index contributed by atoms with van der Waals surface area (Å²) in [6.07, 6.45) is 9.45. The van der Waals surface area contributed by atoms with Gasteiger partial charge in [-0.15, -0.1) is 0 Å². The second kappa shape index (κ2) is 5.21. The van der Waals surface area contributed by atoms with Crippen LogP contribution in [0.4, 0.5) is 0 Å². The molecule has 96 valence electrons. The summed E-state index contributed by atoms with van der Waals surface area (Å²) >= 11 is 0. The lowest BCUT2D eigenvalue weighted by molar-refractivity contribution is 0.379. The number of aromatic nitrogens is 2. The average Bonchev–Trinajstić information content (AvgIpc) is 2.88. The van der Waals surface area contributed by atoms with Gasteiger partial charge in [0.15, 0.2) is 0 Å². The van der Waals surface area contributed by atoms with Crippen molar-refractivity contribution in [3.63, 3.8) is 0 Å². The molecule has 1 heterocycles. The van der Waals surface area contributed by atoms with Crippen molar-refractivity contribution in [3.05, 3.63) is 18.2 Å². The van der Waals surface area contributed by atoms with E-state index < -0.39 is 0 Å². The molecule has 1 aliphatic carbocycles. The van der Waals surface area contributed by atoms with E-state index in [9.17, 15) is 0 Å². The van der Waals surface area contributed by atoms with E-state index >= 15 is 0 Å². The van der Waals surface area contributed by atoms with Crippen LogP contribution in [0.15, 0.2) is 12.5 Å². The second-order valence-electron chi connectivity index (χ2n) is 5.80. The Bertz CT molecular complexity index is 350. The highest BCUT2D eigenvalue weighted by Crippen LogP contribution is 2.51. The van der Waals surface area contributed by atoms with E-state index in [2.05, 4.69) is 35.6 Å². The molecule has 0 atom stereocenters. The first kappa shape index (κ1) is 12.6. The lowest BCUT2D eigenvalue weighted by Crippen LogP contribution is -2.24. The third-order valence-corrected chi connectivity index (χ3v) is 3.73. The van der Waals surface area contributed by atoms with Crippen molar-refractivity contribution in [1.82, 2.24) is 14.9 Å². The summed E-state index contributed by atoms with van der Waals surface area (Å²) < 4.78 is 2.35. The Morgan fingerprint density at radius 2 is 2.24 bits per heavy atom. The van der Waals surface area contributed by atoms with Gasteiger partial charge in [0, 0.05) is 25.3 Å². The van der Waals surface area contributed by atoms with Crippen LogP contribution in [0.2, 0.25) is 0 Å². The average molecular weight is 235 g/mol. The number of hydrogen-bond acceptors (Lipinski definition) is 2. The Morgan fingerprint density at radius 3 is 2.82 bits per heavy atom. The van der Waals surface area contributed by atoms with Crippen LogP contribution >= 0.6 is 0 Å². The summed E-state index contributed by atoms with van der Waals surface area (Å²) in [4.78, 5) is 4.30. The van der Waals surface area contributed by atoms with Gasteiger partial charge in [0.05, 0.1) is 12.0 Å². The molecule has 0 aromatic carbocycles. The van der Waals surface area contributed by atoms with Gasteiger partial charge < -0.3 is 9.88 Å². The number of rotatable bonds is 7. The number of nitrogens with zero attached hydrogens (tertiary/aromatic N) is 2. The molecule has 0 unspecified atom stereocenters. The molecular weight excluding hydrogens is 210 g/mol. The van der Waals surface area contributed by atoms with Gasteiger partial charge >= 0.3 is 0 Å². The first-order valence-electron chi connectivity index (χ1n) is 6.87. The van der Waals surface area contributed by atoms with Crippen molar-refractivity contribution in [1.29, 1.82) is 0 Å². The van der Waals surface area contributed by atoms with E-state index in [1.54, 1.807) is 0 Å². The van der Waals surface area contributed by atoms with Crippen LogP contribution in [0, 0.1) is 5.41 Å². The van der Waals surface area contributed by atoms with Crippen molar-refractivity contribution in [3.8, 4) is 0 Å². The summed E-state index contributed by atoms with van der Waals surface area (Å²) in [5.41, 5.74) is 1.92. The molecule has 0 saturated heterocycles. The Labute approximate surface area is 105 Å². The quantitative estimate of drug-likeness (QED) is 0.787. The van der Waals surface area contributed by atoms with E-state index in [0.717, 1.165) is 13.1 Å². The van der Waals surface area contributed by atoms with E-state index in [0.29, 0.717) is 11.5 Å². The zero-order valence-corrected chi connectivity index (χ0v) is 11.4. The maximum absolute atomic E-state index is 4.30. The van der Waals surface area contributed by atoms with Gasteiger partial charge in [0.2, 0.25) is 0 Å². The van der Waals surface area contributed by atoms with Crippen LogP contribution in [-0.4, -0.2) is 15.6 Å². The highest BCUT2D eigenvalue weighted by atomic mass is 15.1. The molecule has 0 amide bonds. The van der Waals surface area contributed by atoms with Gasteiger partial charge in [-0.2, -0.15) is 0 Å². The third kappa shape index (κ3) is 3.32. The SMILES string of the molecule is CCCC1(Cn2cncc2CNC(C)C)CC1. The molecule has 0 spiro atoms. The fraction of sp³-hybridized carbons (Fsp3) is 0.786. The number of nitrogens with one attached hydrogen (secondary N) is 1. The number of imidazole rings is 1. The zero-order chi connectivity index (χ0) is 12.3. The normalized spacial score (nSPS) is 17.6. The van der Waals surface area contributed by atoms with E-state index in [4.69, 9.17) is 0 Å². The molecule has 1 saturated carbocycles. The maximum atomic E-state index is 4.30. The predicted octanol–water partition coefficient (Wildman–Crippen LogP) is 2.96. The van der Waals surface area contributed by atoms with Gasteiger partial charge in [-0.3, -0.25) is 0 Å². The smallest absolute Gasteiger partial charge is 0.0948 e. The molecule has 0 bridgehead atoms. The zero-order valence-electron chi connectivity index (χ0n) is 11.4. The predicted molar refractivity (Wildman–Crippen MR) is 70.8 cm³/mol. The highest BCUT2D eigenvalue weighted by molar-refractivity contribution is 5.02. The summed E-state index contributed by atoms with van der Waals surface area (Å²) in [6.45, 7) is 8.74. The van der Waals surface area contributed by atoms with E-state index in [1.807, 2.05) is 12.5 Å². The Kier molecular flexibility index (Phi) is 3.87. The molecule has 1 fully saturated rings. The third-order valence-electron chi connectivity index (χ3n) is 3.73. The molecule has 0 aliphatic heterocycles. The van der Waals surface area contributed by atoms with Crippen molar-refractivity contribution in [2.45, 2.75) is 65.6 Å². The Morgan fingerprint density at radius 1 is 1.47 bits per heavy atom. The monoisotopic (exact) mass is 235 g/mol. The van der Waals surface area contributed by atoms with Crippen molar-refractivity contribution >= 4 is 0 Å². The minimum absolute atomic E-state index is 0.531. The molecule has 1 aliphatic rings. The minimum Gasteiger partial charge on any atom is -0.333 e. The lowest BCUT2D eigenvalue weighted by Gasteiger charge is -2.17. The Balaban J connectivity index is 1.94. The van der Waals surface area contributed by atoms with Crippen LogP contribution in [0.1, 0.15) is 52.1 Å². The second-order valence-corrected chi connectivity index (χ2v) is 5.80. The van der Waals surface area contributed by atoms with Gasteiger partial charge in [-0.05, 0) is 24.7 Å². The Hall–Kier alpha value is -0.830. The van der Waals surface area contributed by atoms with Crippen molar-refractivity contribution in [2.24, 2.45) is 5.41 Å². The lowest BCUT2D eigenvalue weighted by atomic mass is 10.0. The van der Waals surface area contributed by atoms with E-state index in [-0.39, 0.29) is 0 Å². The number of hydrogen-bond donors (Lipinski definition) is 1. The first-order chi connectivity index (χ1) is 8.15. The van der Waals surface area contributed by atoms with E-state index in [1.165, 1.54) is 31.4 Å². The molecule has 1 aromatic heterocycles. The molecule has 3 nitrogen and oxygen atoms in total. The summed E-state index contributed by atoms with van der Waals surface area (Å²) in [7, 11) is 0. The molecule has 2 rings (SSSR count). The summed E-state index contributed by atoms with van der Waals surface area (Å²) in [5, 5.41) is 3.47.